The molecule has 1 fully saturated rings. The van der Waals surface area contributed by atoms with E-state index in [1.807, 2.05) is 57.0 Å². The summed E-state index contributed by atoms with van der Waals surface area (Å²) in [5, 5.41) is 0. The number of hydrogen-bond acceptors (Lipinski definition) is 7. The largest absolute Gasteiger partial charge is 0.378 e. The van der Waals surface area contributed by atoms with Crippen LogP contribution in [0.5, 0.6) is 0 Å². The Morgan fingerprint density at radius 3 is 2.12 bits per heavy atom. The van der Waals surface area contributed by atoms with Gasteiger partial charge in [-0.1, -0.05) is 48.5 Å². The number of fused-ring (bicyclic) bond motifs is 1. The van der Waals surface area contributed by atoms with Crippen LogP contribution in [0, 0.1) is 0 Å². The van der Waals surface area contributed by atoms with E-state index in [0.29, 0.717) is 12.8 Å². The second-order valence-electron chi connectivity index (χ2n) is 11.2. The summed E-state index contributed by atoms with van der Waals surface area (Å²) in [5.74, 6) is 1.14. The number of carbonyl (C=O) groups excluding carboxylic acids is 1. The van der Waals surface area contributed by atoms with Crippen molar-refractivity contribution in [2.24, 2.45) is 0 Å². The average Bonchev–Trinajstić information content (AvgIpc) is 3.02. The van der Waals surface area contributed by atoms with Crippen LogP contribution in [0.1, 0.15) is 16.7 Å². The highest BCUT2D eigenvalue weighted by molar-refractivity contribution is 5.84. The molecule has 212 valence electrons. The highest BCUT2D eigenvalue weighted by atomic mass is 16.1. The minimum atomic E-state index is 0.215. The van der Waals surface area contributed by atoms with Gasteiger partial charge in [0.1, 0.15) is 11.6 Å². The lowest BCUT2D eigenvalue weighted by Gasteiger charge is -2.35. The number of carbonyl (C=O) groups is 1. The lowest BCUT2D eigenvalue weighted by Crippen LogP contribution is -2.46. The maximum atomic E-state index is 12.7. The molecule has 5 aromatic rings. The molecule has 7 heteroatoms. The van der Waals surface area contributed by atoms with Crippen molar-refractivity contribution in [3.63, 3.8) is 0 Å². The SMILES string of the molecule is CN(C)c1ccc(CC(=O)Cc2ccc(-c3ccc4ncc(N5CCN(Cc6cccnc6)CC5)nc4c3)cc2)cc1. The number of benzene rings is 3. The van der Waals surface area contributed by atoms with Crippen LogP contribution in [-0.4, -0.2) is 65.9 Å². The standard InChI is InChI=1S/C35H36N6O/c1-39(2)31-12-7-27(8-13-31)21-32(42)20-26-5-9-29(10-6-26)30-11-14-33-34(22-30)38-35(24-37-33)41-18-16-40(17-19-41)25-28-4-3-15-36-23-28/h3-15,22-24H,16-21,25H2,1-2H3. The van der Waals surface area contributed by atoms with Gasteiger partial charge < -0.3 is 9.80 Å². The van der Waals surface area contributed by atoms with Crippen molar-refractivity contribution in [3.8, 4) is 11.1 Å². The zero-order valence-corrected chi connectivity index (χ0v) is 24.3. The van der Waals surface area contributed by atoms with Crippen LogP contribution < -0.4 is 9.80 Å². The van der Waals surface area contributed by atoms with E-state index in [2.05, 4.69) is 74.3 Å². The third kappa shape index (κ3) is 6.64. The Morgan fingerprint density at radius 1 is 0.762 bits per heavy atom. The monoisotopic (exact) mass is 556 g/mol. The average molecular weight is 557 g/mol. The third-order valence-corrected chi connectivity index (χ3v) is 7.90. The van der Waals surface area contributed by atoms with Crippen LogP contribution in [-0.2, 0) is 24.2 Å². The van der Waals surface area contributed by atoms with Crippen molar-refractivity contribution in [1.29, 1.82) is 0 Å². The molecule has 0 amide bonds. The Bertz CT molecular complexity index is 1640. The number of anilines is 2. The zero-order valence-electron chi connectivity index (χ0n) is 24.3. The number of nitrogens with zero attached hydrogens (tertiary/aromatic N) is 6. The van der Waals surface area contributed by atoms with Gasteiger partial charge in [-0.05, 0) is 58.1 Å². The van der Waals surface area contributed by atoms with Crippen LogP contribution in [0.15, 0.2) is 97.5 Å². The van der Waals surface area contributed by atoms with E-state index in [9.17, 15) is 4.79 Å². The van der Waals surface area contributed by atoms with E-state index >= 15 is 0 Å². The Kier molecular flexibility index (Phi) is 8.19. The van der Waals surface area contributed by atoms with E-state index in [-0.39, 0.29) is 5.78 Å². The molecule has 1 aliphatic rings. The van der Waals surface area contributed by atoms with E-state index in [1.54, 1.807) is 0 Å². The first kappa shape index (κ1) is 27.5. The van der Waals surface area contributed by atoms with Crippen molar-refractivity contribution >= 4 is 28.3 Å². The number of piperazine rings is 1. The number of pyridine rings is 1. The van der Waals surface area contributed by atoms with Crippen molar-refractivity contribution in [3.05, 3.63) is 114 Å². The third-order valence-electron chi connectivity index (χ3n) is 7.90. The summed E-state index contributed by atoms with van der Waals surface area (Å²) in [6, 6.07) is 26.8. The van der Waals surface area contributed by atoms with E-state index in [0.717, 1.165) is 77.5 Å². The molecule has 0 N–H and O–H groups in total. The molecule has 0 saturated carbocycles. The molecule has 3 aromatic carbocycles. The second-order valence-corrected chi connectivity index (χ2v) is 11.2. The van der Waals surface area contributed by atoms with Crippen LogP contribution in [0.25, 0.3) is 22.2 Å². The summed E-state index contributed by atoms with van der Waals surface area (Å²) in [5.41, 5.74) is 8.42. The molecule has 2 aromatic heterocycles. The van der Waals surface area contributed by atoms with Crippen LogP contribution >= 0.6 is 0 Å². The van der Waals surface area contributed by atoms with Gasteiger partial charge in [-0.25, -0.2) is 4.98 Å². The molecule has 1 saturated heterocycles. The summed E-state index contributed by atoms with van der Waals surface area (Å²) in [7, 11) is 4.03. The number of Topliss-reactive ketones (excluding diaryl/α,β-unsaturated/α-hetero) is 1. The summed E-state index contributed by atoms with van der Waals surface area (Å²) in [6.07, 6.45) is 6.52. The fraction of sp³-hybridized carbons (Fsp3) is 0.257. The molecular weight excluding hydrogens is 520 g/mol. The molecule has 3 heterocycles. The summed E-state index contributed by atoms with van der Waals surface area (Å²) >= 11 is 0. The molecule has 6 rings (SSSR count). The first-order valence-electron chi connectivity index (χ1n) is 14.5. The van der Waals surface area contributed by atoms with Gasteiger partial charge >= 0.3 is 0 Å². The minimum Gasteiger partial charge on any atom is -0.378 e. The first-order chi connectivity index (χ1) is 20.5. The minimum absolute atomic E-state index is 0.215. The summed E-state index contributed by atoms with van der Waals surface area (Å²) < 4.78 is 0. The fourth-order valence-electron chi connectivity index (χ4n) is 5.46. The summed E-state index contributed by atoms with van der Waals surface area (Å²) in [6.45, 7) is 4.72. The molecule has 0 bridgehead atoms. The van der Waals surface area contributed by atoms with Crippen molar-refractivity contribution in [1.82, 2.24) is 19.9 Å². The number of hydrogen-bond donors (Lipinski definition) is 0. The lowest BCUT2D eigenvalue weighted by molar-refractivity contribution is -0.117. The van der Waals surface area contributed by atoms with Crippen molar-refractivity contribution in [2.75, 3.05) is 50.1 Å². The van der Waals surface area contributed by atoms with Gasteiger partial charge in [0.15, 0.2) is 0 Å². The second kappa shape index (κ2) is 12.5. The normalized spacial score (nSPS) is 13.8. The highest BCUT2D eigenvalue weighted by Crippen LogP contribution is 2.25. The molecule has 7 nitrogen and oxygen atoms in total. The Balaban J connectivity index is 1.08. The zero-order chi connectivity index (χ0) is 28.9. The molecule has 0 aliphatic carbocycles. The Hall–Kier alpha value is -4.62. The quantitative estimate of drug-likeness (QED) is 0.240. The maximum Gasteiger partial charge on any atom is 0.147 e. The van der Waals surface area contributed by atoms with E-state index in [4.69, 9.17) is 9.97 Å². The molecule has 42 heavy (non-hydrogen) atoms. The molecule has 0 unspecified atom stereocenters. The van der Waals surface area contributed by atoms with Crippen molar-refractivity contribution < 1.29 is 4.79 Å². The van der Waals surface area contributed by atoms with Crippen molar-refractivity contribution in [2.45, 2.75) is 19.4 Å². The first-order valence-corrected chi connectivity index (χ1v) is 14.5. The van der Waals surface area contributed by atoms with Gasteiger partial charge in [-0.2, -0.15) is 0 Å². The Morgan fingerprint density at radius 2 is 1.45 bits per heavy atom. The predicted octanol–water partition coefficient (Wildman–Crippen LogP) is 5.43. The number of aromatic nitrogens is 3. The fourth-order valence-corrected chi connectivity index (χ4v) is 5.46. The molecule has 0 atom stereocenters. The molecule has 0 radical (unpaired) electrons. The Labute approximate surface area is 247 Å². The van der Waals surface area contributed by atoms with E-state index < -0.39 is 0 Å². The van der Waals surface area contributed by atoms with Crippen LogP contribution in [0.3, 0.4) is 0 Å². The van der Waals surface area contributed by atoms with Gasteiger partial charge in [0.2, 0.25) is 0 Å². The van der Waals surface area contributed by atoms with E-state index in [1.165, 1.54) is 5.56 Å². The molecule has 1 aliphatic heterocycles. The summed E-state index contributed by atoms with van der Waals surface area (Å²) in [4.78, 5) is 33.5. The number of rotatable bonds is 9. The highest BCUT2D eigenvalue weighted by Gasteiger charge is 2.19. The van der Waals surface area contributed by atoms with Gasteiger partial charge in [-0.15, -0.1) is 0 Å². The van der Waals surface area contributed by atoms with Gasteiger partial charge in [0.05, 0.1) is 17.2 Å². The van der Waals surface area contributed by atoms with Gasteiger partial charge in [0, 0.05) is 77.7 Å². The molecular formula is C35H36N6O. The predicted molar refractivity (Wildman–Crippen MR) is 170 cm³/mol. The lowest BCUT2D eigenvalue weighted by atomic mass is 9.99. The van der Waals surface area contributed by atoms with Gasteiger partial charge in [-0.3, -0.25) is 19.7 Å². The smallest absolute Gasteiger partial charge is 0.147 e. The van der Waals surface area contributed by atoms with Gasteiger partial charge in [0.25, 0.3) is 0 Å². The van der Waals surface area contributed by atoms with Crippen LogP contribution in [0.2, 0.25) is 0 Å². The number of ketones is 1. The molecule has 0 spiro atoms. The maximum absolute atomic E-state index is 12.7. The topological polar surface area (TPSA) is 65.5 Å². The van der Waals surface area contributed by atoms with Crippen LogP contribution in [0.4, 0.5) is 11.5 Å².